The molecule has 0 spiro atoms. The number of benzene rings is 1. The molecule has 2 rings (SSSR count). The number of carboxylic acid groups (broad SMARTS) is 1. The Kier molecular flexibility index (Phi) is 3.72. The van der Waals surface area contributed by atoms with E-state index in [0.717, 1.165) is 25.9 Å². The largest absolute Gasteiger partial charge is 0.478 e. The van der Waals surface area contributed by atoms with E-state index < -0.39 is 5.97 Å². The third kappa shape index (κ3) is 2.73. The lowest BCUT2D eigenvalue weighted by Gasteiger charge is -2.16. The van der Waals surface area contributed by atoms with Crippen molar-refractivity contribution in [3.63, 3.8) is 0 Å². The molecule has 1 saturated heterocycles. The number of urea groups is 1. The molecule has 18 heavy (non-hydrogen) atoms. The van der Waals surface area contributed by atoms with Crippen LogP contribution in [0.2, 0.25) is 5.02 Å². The first-order valence-electron chi connectivity index (χ1n) is 5.66. The van der Waals surface area contributed by atoms with Crippen LogP contribution in [-0.4, -0.2) is 35.1 Å². The summed E-state index contributed by atoms with van der Waals surface area (Å²) in [6.45, 7) is 1.48. The highest BCUT2D eigenvalue weighted by molar-refractivity contribution is 6.33. The van der Waals surface area contributed by atoms with Crippen LogP contribution in [0.4, 0.5) is 10.5 Å². The van der Waals surface area contributed by atoms with Crippen molar-refractivity contribution in [1.29, 1.82) is 0 Å². The van der Waals surface area contributed by atoms with Gasteiger partial charge >= 0.3 is 12.0 Å². The second kappa shape index (κ2) is 5.27. The van der Waals surface area contributed by atoms with Crippen LogP contribution in [0.3, 0.4) is 0 Å². The Labute approximate surface area is 109 Å². The van der Waals surface area contributed by atoms with Gasteiger partial charge in [-0.15, -0.1) is 0 Å². The molecule has 1 fully saturated rings. The Hall–Kier alpha value is -1.75. The van der Waals surface area contributed by atoms with Gasteiger partial charge in [0.15, 0.2) is 0 Å². The van der Waals surface area contributed by atoms with E-state index in [2.05, 4.69) is 5.32 Å². The minimum Gasteiger partial charge on any atom is -0.478 e. The highest BCUT2D eigenvalue weighted by Gasteiger charge is 2.18. The van der Waals surface area contributed by atoms with E-state index in [4.69, 9.17) is 16.7 Å². The second-order valence-electron chi connectivity index (χ2n) is 4.12. The van der Waals surface area contributed by atoms with E-state index in [0.29, 0.717) is 5.69 Å². The van der Waals surface area contributed by atoms with Crippen LogP contribution in [0, 0.1) is 0 Å². The fourth-order valence-corrected chi connectivity index (χ4v) is 2.09. The van der Waals surface area contributed by atoms with E-state index >= 15 is 0 Å². The summed E-state index contributed by atoms with van der Waals surface area (Å²) >= 11 is 5.75. The minimum atomic E-state index is -1.11. The summed E-state index contributed by atoms with van der Waals surface area (Å²) in [5, 5.41) is 11.8. The Morgan fingerprint density at radius 1 is 1.28 bits per heavy atom. The molecular weight excluding hydrogens is 256 g/mol. The molecule has 0 atom stereocenters. The fourth-order valence-electron chi connectivity index (χ4n) is 1.89. The van der Waals surface area contributed by atoms with E-state index in [1.807, 2.05) is 0 Å². The van der Waals surface area contributed by atoms with Crippen molar-refractivity contribution < 1.29 is 14.7 Å². The summed E-state index contributed by atoms with van der Waals surface area (Å²) in [6.07, 6.45) is 2.02. The third-order valence-corrected chi connectivity index (χ3v) is 3.17. The van der Waals surface area contributed by atoms with Crippen LogP contribution in [0.25, 0.3) is 0 Å². The third-order valence-electron chi connectivity index (χ3n) is 2.84. The number of rotatable bonds is 2. The van der Waals surface area contributed by atoms with E-state index in [-0.39, 0.29) is 16.6 Å². The summed E-state index contributed by atoms with van der Waals surface area (Å²) in [6, 6.07) is 4.21. The normalized spacial score (nSPS) is 14.6. The molecule has 96 valence electrons. The molecule has 1 aliphatic rings. The smallest absolute Gasteiger partial charge is 0.337 e. The van der Waals surface area contributed by atoms with E-state index in [1.165, 1.54) is 12.1 Å². The van der Waals surface area contributed by atoms with Crippen LogP contribution in [0.5, 0.6) is 0 Å². The number of carboxylic acids is 1. The summed E-state index contributed by atoms with van der Waals surface area (Å²) in [7, 11) is 0. The Bertz CT molecular complexity index is 484. The van der Waals surface area contributed by atoms with Crippen LogP contribution in [-0.2, 0) is 0 Å². The van der Waals surface area contributed by atoms with Crippen molar-refractivity contribution in [3.05, 3.63) is 28.8 Å². The lowest BCUT2D eigenvalue weighted by molar-refractivity contribution is 0.0697. The van der Waals surface area contributed by atoms with Gasteiger partial charge in [-0.2, -0.15) is 0 Å². The molecule has 0 unspecified atom stereocenters. The number of likely N-dealkylation sites (tertiary alicyclic amines) is 1. The quantitative estimate of drug-likeness (QED) is 0.866. The van der Waals surface area contributed by atoms with E-state index in [9.17, 15) is 9.59 Å². The molecule has 5 nitrogen and oxygen atoms in total. The number of hydrogen-bond acceptors (Lipinski definition) is 2. The highest BCUT2D eigenvalue weighted by Crippen LogP contribution is 2.21. The summed E-state index contributed by atoms with van der Waals surface area (Å²) in [5.41, 5.74) is 0.421. The lowest BCUT2D eigenvalue weighted by Crippen LogP contribution is -2.32. The number of nitrogens with one attached hydrogen (secondary N) is 1. The molecule has 0 aliphatic carbocycles. The Balaban J connectivity index is 2.11. The molecule has 0 aromatic heterocycles. The van der Waals surface area contributed by atoms with Gasteiger partial charge in [0.25, 0.3) is 0 Å². The molecule has 1 aromatic rings. The summed E-state index contributed by atoms with van der Waals surface area (Å²) in [4.78, 5) is 24.4. The fraction of sp³-hybridized carbons (Fsp3) is 0.333. The number of anilines is 1. The Morgan fingerprint density at radius 3 is 2.56 bits per heavy atom. The number of aromatic carboxylic acids is 1. The topological polar surface area (TPSA) is 69.6 Å². The van der Waals surface area contributed by atoms with Gasteiger partial charge in [-0.25, -0.2) is 9.59 Å². The number of amides is 2. The van der Waals surface area contributed by atoms with Crippen LogP contribution in [0.1, 0.15) is 23.2 Å². The molecule has 0 radical (unpaired) electrons. The van der Waals surface area contributed by atoms with Gasteiger partial charge in [0.2, 0.25) is 0 Å². The van der Waals surface area contributed by atoms with Gasteiger partial charge in [0.1, 0.15) is 0 Å². The molecule has 1 heterocycles. The molecule has 6 heteroatoms. The zero-order valence-corrected chi connectivity index (χ0v) is 10.4. The van der Waals surface area contributed by atoms with Gasteiger partial charge in [0.05, 0.1) is 10.6 Å². The number of hydrogen-bond donors (Lipinski definition) is 2. The number of nitrogens with zero attached hydrogens (tertiary/aromatic N) is 1. The first kappa shape index (κ1) is 12.7. The van der Waals surface area contributed by atoms with Crippen LogP contribution in [0.15, 0.2) is 18.2 Å². The van der Waals surface area contributed by atoms with Crippen molar-refractivity contribution in [2.75, 3.05) is 18.4 Å². The average Bonchev–Trinajstić information content (AvgIpc) is 2.85. The maximum atomic E-state index is 11.8. The summed E-state index contributed by atoms with van der Waals surface area (Å²) < 4.78 is 0. The van der Waals surface area contributed by atoms with Crippen molar-refractivity contribution >= 4 is 29.3 Å². The number of carbonyl (C=O) groups is 2. The molecular formula is C12H13ClN2O3. The standard InChI is InChI=1S/C12H13ClN2O3/c13-10-4-3-8(7-9(10)11(16)17)14-12(18)15-5-1-2-6-15/h3-4,7H,1-2,5-6H2,(H,14,18)(H,16,17). The van der Waals surface area contributed by atoms with Gasteiger partial charge in [-0.1, -0.05) is 11.6 Å². The predicted molar refractivity (Wildman–Crippen MR) is 68.2 cm³/mol. The lowest BCUT2D eigenvalue weighted by atomic mass is 10.2. The Morgan fingerprint density at radius 2 is 1.94 bits per heavy atom. The van der Waals surface area contributed by atoms with Gasteiger partial charge < -0.3 is 15.3 Å². The SMILES string of the molecule is O=C(O)c1cc(NC(=O)N2CCCC2)ccc1Cl. The molecule has 0 bridgehead atoms. The first-order chi connectivity index (χ1) is 8.58. The first-order valence-corrected chi connectivity index (χ1v) is 6.04. The molecule has 2 amide bonds. The van der Waals surface area contributed by atoms with Gasteiger partial charge in [-0.3, -0.25) is 0 Å². The van der Waals surface area contributed by atoms with E-state index in [1.54, 1.807) is 11.0 Å². The number of halogens is 1. The van der Waals surface area contributed by atoms with Crippen LogP contribution >= 0.6 is 11.6 Å². The highest BCUT2D eigenvalue weighted by atomic mass is 35.5. The molecule has 1 aliphatic heterocycles. The zero-order valence-electron chi connectivity index (χ0n) is 9.65. The van der Waals surface area contributed by atoms with Crippen molar-refractivity contribution in [2.45, 2.75) is 12.8 Å². The van der Waals surface area contributed by atoms with Gasteiger partial charge in [-0.05, 0) is 31.0 Å². The van der Waals surface area contributed by atoms with Crippen LogP contribution < -0.4 is 5.32 Å². The second-order valence-corrected chi connectivity index (χ2v) is 4.53. The average molecular weight is 269 g/mol. The maximum absolute atomic E-state index is 11.8. The number of carbonyl (C=O) groups excluding carboxylic acids is 1. The zero-order chi connectivity index (χ0) is 13.1. The molecule has 2 N–H and O–H groups in total. The van der Waals surface area contributed by atoms with Gasteiger partial charge in [0, 0.05) is 18.8 Å². The van der Waals surface area contributed by atoms with Crippen molar-refractivity contribution in [2.24, 2.45) is 0 Å². The maximum Gasteiger partial charge on any atom is 0.337 e. The predicted octanol–water partition coefficient (Wildman–Crippen LogP) is 2.67. The summed E-state index contributed by atoms with van der Waals surface area (Å²) in [5.74, 6) is -1.11. The molecule has 0 saturated carbocycles. The monoisotopic (exact) mass is 268 g/mol. The minimum absolute atomic E-state index is 0.0177. The van der Waals surface area contributed by atoms with Crippen molar-refractivity contribution in [1.82, 2.24) is 4.90 Å². The molecule has 1 aromatic carbocycles. The van der Waals surface area contributed by atoms with Crippen molar-refractivity contribution in [3.8, 4) is 0 Å².